The van der Waals surface area contributed by atoms with Gasteiger partial charge in [-0.05, 0) is 6.08 Å². The number of fused-ring (bicyclic) bond motifs is 1. The Balaban J connectivity index is 2.38. The van der Waals surface area contributed by atoms with E-state index < -0.39 is 0 Å². The summed E-state index contributed by atoms with van der Waals surface area (Å²) in [6, 6.07) is 0. The van der Waals surface area contributed by atoms with E-state index >= 15 is 0 Å². The fourth-order valence-corrected chi connectivity index (χ4v) is 1.64. The molecule has 0 aromatic heterocycles. The van der Waals surface area contributed by atoms with E-state index in [1.165, 1.54) is 0 Å². The Morgan fingerprint density at radius 2 is 2.27 bits per heavy atom. The van der Waals surface area contributed by atoms with E-state index in [9.17, 15) is 0 Å². The minimum atomic E-state index is 0.0953. The van der Waals surface area contributed by atoms with Crippen LogP contribution < -0.4 is 0 Å². The maximum atomic E-state index is 5.77. The van der Waals surface area contributed by atoms with Crippen molar-refractivity contribution in [3.63, 3.8) is 0 Å². The second kappa shape index (κ2) is 2.57. The van der Waals surface area contributed by atoms with Crippen molar-refractivity contribution in [2.24, 2.45) is 16.1 Å². The zero-order valence-corrected chi connectivity index (χ0v) is 7.80. The molecule has 1 aliphatic carbocycles. The van der Waals surface area contributed by atoms with Gasteiger partial charge in [0.2, 0.25) is 0 Å². The minimum absolute atomic E-state index is 0.0953. The van der Waals surface area contributed by atoms with E-state index in [1.807, 2.05) is 18.2 Å². The maximum Gasteiger partial charge on any atom is 0.141 e. The van der Waals surface area contributed by atoms with Gasteiger partial charge in [0.15, 0.2) is 0 Å². The Hall–Kier alpha value is -0.410. The summed E-state index contributed by atoms with van der Waals surface area (Å²) < 4.78 is 1.01. The first-order valence-electron chi connectivity index (χ1n) is 3.14. The normalized spacial score (nSPS) is 27.5. The number of hydrogen-bond acceptors (Lipinski definition) is 2. The van der Waals surface area contributed by atoms with E-state index in [-0.39, 0.29) is 5.92 Å². The van der Waals surface area contributed by atoms with Crippen LogP contribution in [0.4, 0.5) is 0 Å². The number of hydrogen-bond donors (Lipinski definition) is 0. The standard InChI is InChI=1S/C7H4BrClN2/c8-4-1-2-5-6(3-4)10-11-7(5)9/h1-3,5H/t5-/m0/s1. The minimum Gasteiger partial charge on any atom is -0.153 e. The molecule has 0 aromatic rings. The molecule has 1 atom stereocenters. The topological polar surface area (TPSA) is 24.7 Å². The predicted molar refractivity (Wildman–Crippen MR) is 50.4 cm³/mol. The third-order valence-corrected chi connectivity index (χ3v) is 2.37. The molecule has 2 rings (SSSR count). The molecule has 0 saturated carbocycles. The van der Waals surface area contributed by atoms with Crippen LogP contribution in [0.5, 0.6) is 0 Å². The summed E-state index contributed by atoms with van der Waals surface area (Å²) in [5.41, 5.74) is 0.907. The molecule has 1 aliphatic heterocycles. The lowest BCUT2D eigenvalue weighted by atomic mass is 10.0. The van der Waals surface area contributed by atoms with Crippen LogP contribution in [0.25, 0.3) is 0 Å². The monoisotopic (exact) mass is 230 g/mol. The lowest BCUT2D eigenvalue weighted by Crippen LogP contribution is -2.14. The van der Waals surface area contributed by atoms with Crippen molar-refractivity contribution in [3.05, 3.63) is 22.7 Å². The molecular formula is C7H4BrClN2. The van der Waals surface area contributed by atoms with Crippen LogP contribution in [-0.4, -0.2) is 10.9 Å². The van der Waals surface area contributed by atoms with Crippen LogP contribution in [0.3, 0.4) is 0 Å². The van der Waals surface area contributed by atoms with Crippen LogP contribution in [0.1, 0.15) is 0 Å². The highest BCUT2D eigenvalue weighted by Gasteiger charge is 2.23. The Morgan fingerprint density at radius 3 is 3.09 bits per heavy atom. The van der Waals surface area contributed by atoms with Crippen molar-refractivity contribution in [2.75, 3.05) is 0 Å². The molecule has 2 aliphatic rings. The van der Waals surface area contributed by atoms with Gasteiger partial charge in [-0.2, -0.15) is 5.10 Å². The van der Waals surface area contributed by atoms with Crippen LogP contribution >= 0.6 is 27.5 Å². The molecule has 0 aromatic carbocycles. The second-order valence-corrected chi connectivity index (χ2v) is 3.62. The average Bonchev–Trinajstić information content (AvgIpc) is 2.32. The van der Waals surface area contributed by atoms with Crippen molar-refractivity contribution >= 4 is 38.4 Å². The zero-order chi connectivity index (χ0) is 7.84. The highest BCUT2D eigenvalue weighted by Crippen LogP contribution is 2.24. The van der Waals surface area contributed by atoms with Gasteiger partial charge in [0.25, 0.3) is 0 Å². The van der Waals surface area contributed by atoms with Crippen LogP contribution in [0.15, 0.2) is 32.9 Å². The SMILES string of the molecule is ClC1=NN=C2C=C(Br)C=C[C@H]12. The second-order valence-electron chi connectivity index (χ2n) is 2.31. The van der Waals surface area contributed by atoms with E-state index in [0.717, 1.165) is 10.2 Å². The predicted octanol–water partition coefficient (Wildman–Crippen LogP) is 2.46. The van der Waals surface area contributed by atoms with Gasteiger partial charge in [0.1, 0.15) is 5.17 Å². The fourth-order valence-electron chi connectivity index (χ4n) is 1.03. The van der Waals surface area contributed by atoms with Gasteiger partial charge < -0.3 is 0 Å². The van der Waals surface area contributed by atoms with E-state index in [0.29, 0.717) is 5.17 Å². The molecular weight excluding hydrogens is 227 g/mol. The Labute approximate surface area is 77.5 Å². The van der Waals surface area contributed by atoms with Crippen molar-refractivity contribution < 1.29 is 0 Å². The van der Waals surface area contributed by atoms with E-state index in [1.54, 1.807) is 0 Å². The molecule has 11 heavy (non-hydrogen) atoms. The first kappa shape index (κ1) is 7.25. The molecule has 0 unspecified atom stereocenters. The van der Waals surface area contributed by atoms with E-state index in [4.69, 9.17) is 11.6 Å². The lowest BCUT2D eigenvalue weighted by Gasteiger charge is -2.07. The molecule has 0 fully saturated rings. The molecule has 0 N–H and O–H groups in total. The van der Waals surface area contributed by atoms with Gasteiger partial charge in [-0.1, -0.05) is 39.7 Å². The molecule has 0 bridgehead atoms. The fraction of sp³-hybridized carbons (Fsp3) is 0.143. The molecule has 0 saturated heterocycles. The highest BCUT2D eigenvalue weighted by molar-refractivity contribution is 9.11. The third-order valence-electron chi connectivity index (χ3n) is 1.57. The molecule has 0 spiro atoms. The van der Waals surface area contributed by atoms with Gasteiger partial charge in [-0.25, -0.2) is 0 Å². The van der Waals surface area contributed by atoms with Crippen molar-refractivity contribution in [3.8, 4) is 0 Å². The molecule has 1 heterocycles. The summed E-state index contributed by atoms with van der Waals surface area (Å²) in [4.78, 5) is 0. The van der Waals surface area contributed by atoms with Crippen LogP contribution in [-0.2, 0) is 0 Å². The van der Waals surface area contributed by atoms with Crippen LogP contribution in [0.2, 0.25) is 0 Å². The number of halogens is 2. The molecule has 4 heteroatoms. The number of allylic oxidation sites excluding steroid dienone is 4. The summed E-state index contributed by atoms with van der Waals surface area (Å²) in [6.07, 6.45) is 5.85. The van der Waals surface area contributed by atoms with Crippen LogP contribution in [0, 0.1) is 5.92 Å². The van der Waals surface area contributed by atoms with Crippen molar-refractivity contribution in [2.45, 2.75) is 0 Å². The first-order valence-corrected chi connectivity index (χ1v) is 4.31. The molecule has 2 nitrogen and oxygen atoms in total. The van der Waals surface area contributed by atoms with E-state index in [2.05, 4.69) is 26.1 Å². The number of nitrogens with zero attached hydrogens (tertiary/aromatic N) is 2. The van der Waals surface area contributed by atoms with Gasteiger partial charge >= 0.3 is 0 Å². The summed E-state index contributed by atoms with van der Waals surface area (Å²) in [7, 11) is 0. The largest absolute Gasteiger partial charge is 0.153 e. The lowest BCUT2D eigenvalue weighted by molar-refractivity contribution is 1.26. The summed E-state index contributed by atoms with van der Waals surface area (Å²) in [5.74, 6) is 0.0953. The Kier molecular flexibility index (Phi) is 1.69. The summed E-state index contributed by atoms with van der Waals surface area (Å²) in [6.45, 7) is 0. The molecule has 56 valence electrons. The van der Waals surface area contributed by atoms with Gasteiger partial charge in [-0.3, -0.25) is 0 Å². The van der Waals surface area contributed by atoms with Crippen molar-refractivity contribution in [1.82, 2.24) is 0 Å². The zero-order valence-electron chi connectivity index (χ0n) is 5.46. The quantitative estimate of drug-likeness (QED) is 0.612. The Bertz CT molecular complexity index is 314. The van der Waals surface area contributed by atoms with Crippen molar-refractivity contribution in [1.29, 1.82) is 0 Å². The smallest absolute Gasteiger partial charge is 0.141 e. The summed E-state index contributed by atoms with van der Waals surface area (Å²) in [5, 5.41) is 8.22. The Morgan fingerprint density at radius 1 is 1.45 bits per heavy atom. The molecule has 0 amide bonds. The highest BCUT2D eigenvalue weighted by atomic mass is 79.9. The van der Waals surface area contributed by atoms with Gasteiger partial charge in [-0.15, -0.1) is 5.10 Å². The summed E-state index contributed by atoms with van der Waals surface area (Å²) >= 11 is 9.12. The first-order chi connectivity index (χ1) is 5.27. The number of rotatable bonds is 0. The third kappa shape index (κ3) is 1.19. The van der Waals surface area contributed by atoms with Gasteiger partial charge in [0.05, 0.1) is 11.6 Å². The van der Waals surface area contributed by atoms with Gasteiger partial charge in [0, 0.05) is 4.48 Å². The maximum absolute atomic E-state index is 5.77. The average molecular weight is 231 g/mol. The molecule has 0 radical (unpaired) electrons.